The molecule has 2 N–H and O–H groups in total. The summed E-state index contributed by atoms with van der Waals surface area (Å²) in [6, 6.07) is 13.5. The van der Waals surface area contributed by atoms with Gasteiger partial charge in [0.25, 0.3) is 0 Å². The van der Waals surface area contributed by atoms with Crippen LogP contribution in [0.4, 0.5) is 0 Å². The summed E-state index contributed by atoms with van der Waals surface area (Å²) < 4.78 is 0. The Balaban J connectivity index is 2.09. The molecule has 24 heavy (non-hydrogen) atoms. The first kappa shape index (κ1) is 18.0. The van der Waals surface area contributed by atoms with Crippen molar-refractivity contribution < 1.29 is 9.59 Å². The molecule has 0 aliphatic carbocycles. The van der Waals surface area contributed by atoms with E-state index in [0.29, 0.717) is 0 Å². The summed E-state index contributed by atoms with van der Waals surface area (Å²) in [5.41, 5.74) is 0.547. The number of carbonyl (C=O) groups is 2. The first-order chi connectivity index (χ1) is 11.2. The van der Waals surface area contributed by atoms with Crippen molar-refractivity contribution in [3.63, 3.8) is 0 Å². The Bertz CT molecular complexity index is 741. The molecule has 0 aliphatic heterocycles. The second kappa shape index (κ2) is 7.04. The van der Waals surface area contributed by atoms with Gasteiger partial charge in [0.1, 0.15) is 6.04 Å². The van der Waals surface area contributed by atoms with Crippen molar-refractivity contribution >= 4 is 22.6 Å². The molecule has 128 valence electrons. The van der Waals surface area contributed by atoms with Crippen LogP contribution >= 0.6 is 0 Å². The standard InChI is InChI=1S/C20H26N2O2/c1-13(16-12-8-10-15-9-6-7-11-17(15)16)21-18(23)14(2)22-19(24)20(3,4)5/h6-14H,1-5H3,(H,21,23)(H,22,24). The highest BCUT2D eigenvalue weighted by Gasteiger charge is 2.25. The molecule has 0 aromatic heterocycles. The van der Waals surface area contributed by atoms with Gasteiger partial charge in [-0.1, -0.05) is 63.2 Å². The molecule has 2 atom stereocenters. The van der Waals surface area contributed by atoms with Crippen LogP contribution in [0.5, 0.6) is 0 Å². The normalized spacial score (nSPS) is 14.0. The molecule has 2 unspecified atom stereocenters. The third-order valence-electron chi connectivity index (χ3n) is 4.07. The quantitative estimate of drug-likeness (QED) is 0.902. The number of hydrogen-bond donors (Lipinski definition) is 2. The first-order valence-corrected chi connectivity index (χ1v) is 8.29. The first-order valence-electron chi connectivity index (χ1n) is 8.29. The molecule has 4 heteroatoms. The molecule has 2 aromatic rings. The Hall–Kier alpha value is -2.36. The molecule has 2 rings (SSSR count). The summed E-state index contributed by atoms with van der Waals surface area (Å²) in [5, 5.41) is 8.02. The summed E-state index contributed by atoms with van der Waals surface area (Å²) in [7, 11) is 0. The molecule has 2 aromatic carbocycles. The fraction of sp³-hybridized carbons (Fsp3) is 0.400. The molecule has 0 radical (unpaired) electrons. The molecule has 2 amide bonds. The van der Waals surface area contributed by atoms with Crippen LogP contribution in [0.3, 0.4) is 0 Å². The minimum Gasteiger partial charge on any atom is -0.348 e. The van der Waals surface area contributed by atoms with Crippen molar-refractivity contribution in [2.45, 2.75) is 46.7 Å². The number of benzene rings is 2. The monoisotopic (exact) mass is 326 g/mol. The second-order valence-electron chi connectivity index (χ2n) is 7.24. The Labute approximate surface area is 143 Å². The highest BCUT2D eigenvalue weighted by Crippen LogP contribution is 2.24. The molecule has 0 saturated heterocycles. The summed E-state index contributed by atoms with van der Waals surface area (Å²) in [6.07, 6.45) is 0. The van der Waals surface area contributed by atoms with Gasteiger partial charge in [-0.05, 0) is 30.2 Å². The third kappa shape index (κ3) is 4.13. The maximum absolute atomic E-state index is 12.4. The molecule has 0 spiro atoms. The Morgan fingerprint density at radius 2 is 1.54 bits per heavy atom. The number of carbonyl (C=O) groups excluding carboxylic acids is 2. The zero-order valence-corrected chi connectivity index (χ0v) is 15.0. The summed E-state index contributed by atoms with van der Waals surface area (Å²) >= 11 is 0. The van der Waals surface area contributed by atoms with Gasteiger partial charge in [0, 0.05) is 5.41 Å². The van der Waals surface area contributed by atoms with E-state index in [2.05, 4.69) is 28.8 Å². The second-order valence-corrected chi connectivity index (χ2v) is 7.24. The lowest BCUT2D eigenvalue weighted by atomic mass is 9.95. The molecular formula is C20H26N2O2. The Morgan fingerprint density at radius 3 is 2.21 bits per heavy atom. The SMILES string of the molecule is CC(NC(=O)C(C)(C)C)C(=O)NC(C)c1cccc2ccccc12. The van der Waals surface area contributed by atoms with Crippen molar-refractivity contribution in [3.8, 4) is 0 Å². The van der Waals surface area contributed by atoms with E-state index < -0.39 is 11.5 Å². The predicted molar refractivity (Wildman–Crippen MR) is 97.6 cm³/mol. The van der Waals surface area contributed by atoms with E-state index in [1.54, 1.807) is 6.92 Å². The van der Waals surface area contributed by atoms with Crippen LogP contribution in [-0.4, -0.2) is 17.9 Å². The maximum Gasteiger partial charge on any atom is 0.242 e. The lowest BCUT2D eigenvalue weighted by molar-refractivity contribution is -0.133. The van der Waals surface area contributed by atoms with E-state index in [-0.39, 0.29) is 17.9 Å². The highest BCUT2D eigenvalue weighted by molar-refractivity contribution is 5.90. The van der Waals surface area contributed by atoms with E-state index in [0.717, 1.165) is 16.3 Å². The van der Waals surface area contributed by atoms with Gasteiger partial charge < -0.3 is 10.6 Å². The number of nitrogens with one attached hydrogen (secondary N) is 2. The van der Waals surface area contributed by atoms with Crippen LogP contribution in [-0.2, 0) is 9.59 Å². The zero-order valence-electron chi connectivity index (χ0n) is 15.0. The Morgan fingerprint density at radius 1 is 0.917 bits per heavy atom. The van der Waals surface area contributed by atoms with Gasteiger partial charge in [0.15, 0.2) is 0 Å². The van der Waals surface area contributed by atoms with Crippen LogP contribution in [0, 0.1) is 5.41 Å². The smallest absolute Gasteiger partial charge is 0.242 e. The molecule has 0 aliphatic rings. The van der Waals surface area contributed by atoms with E-state index in [9.17, 15) is 9.59 Å². The average Bonchev–Trinajstić information content (AvgIpc) is 2.53. The minimum absolute atomic E-state index is 0.136. The summed E-state index contributed by atoms with van der Waals surface area (Å²) in [6.45, 7) is 9.13. The number of hydrogen-bond acceptors (Lipinski definition) is 2. The molecule has 0 saturated carbocycles. The Kier molecular flexibility index (Phi) is 5.27. The molecule has 0 bridgehead atoms. The average molecular weight is 326 g/mol. The molecule has 0 fully saturated rings. The van der Waals surface area contributed by atoms with Crippen molar-refractivity contribution in [2.75, 3.05) is 0 Å². The topological polar surface area (TPSA) is 58.2 Å². The predicted octanol–water partition coefficient (Wildman–Crippen LogP) is 3.57. The van der Waals surface area contributed by atoms with Crippen LogP contribution in [0.1, 0.15) is 46.2 Å². The lowest BCUT2D eigenvalue weighted by Gasteiger charge is -2.23. The van der Waals surface area contributed by atoms with Gasteiger partial charge in [0.2, 0.25) is 11.8 Å². The van der Waals surface area contributed by atoms with Crippen LogP contribution in [0.25, 0.3) is 10.8 Å². The summed E-state index contributed by atoms with van der Waals surface area (Å²) in [4.78, 5) is 24.4. The van der Waals surface area contributed by atoms with E-state index in [4.69, 9.17) is 0 Å². The van der Waals surface area contributed by atoms with Gasteiger partial charge in [0.05, 0.1) is 6.04 Å². The van der Waals surface area contributed by atoms with E-state index >= 15 is 0 Å². The fourth-order valence-corrected chi connectivity index (χ4v) is 2.52. The number of amides is 2. The van der Waals surface area contributed by atoms with Gasteiger partial charge in [-0.25, -0.2) is 0 Å². The van der Waals surface area contributed by atoms with E-state index in [1.165, 1.54) is 0 Å². The van der Waals surface area contributed by atoms with Gasteiger partial charge in [-0.2, -0.15) is 0 Å². The van der Waals surface area contributed by atoms with Gasteiger partial charge in [-0.3, -0.25) is 9.59 Å². The zero-order chi connectivity index (χ0) is 17.9. The van der Waals surface area contributed by atoms with E-state index in [1.807, 2.05) is 52.0 Å². The maximum atomic E-state index is 12.4. The van der Waals surface area contributed by atoms with Gasteiger partial charge in [-0.15, -0.1) is 0 Å². The number of rotatable bonds is 4. The third-order valence-corrected chi connectivity index (χ3v) is 4.07. The van der Waals surface area contributed by atoms with Gasteiger partial charge >= 0.3 is 0 Å². The lowest BCUT2D eigenvalue weighted by Crippen LogP contribution is -2.48. The summed E-state index contributed by atoms with van der Waals surface area (Å²) in [5.74, 6) is -0.323. The largest absolute Gasteiger partial charge is 0.348 e. The fourth-order valence-electron chi connectivity index (χ4n) is 2.52. The minimum atomic E-state index is -0.575. The van der Waals surface area contributed by atoms with Crippen molar-refractivity contribution in [2.24, 2.45) is 5.41 Å². The highest BCUT2D eigenvalue weighted by atomic mass is 16.2. The molecule has 4 nitrogen and oxygen atoms in total. The van der Waals surface area contributed by atoms with Crippen LogP contribution in [0.2, 0.25) is 0 Å². The molecule has 0 heterocycles. The van der Waals surface area contributed by atoms with Crippen molar-refractivity contribution in [3.05, 3.63) is 48.0 Å². The van der Waals surface area contributed by atoms with Crippen LogP contribution < -0.4 is 10.6 Å². The van der Waals surface area contributed by atoms with Crippen LogP contribution in [0.15, 0.2) is 42.5 Å². The van der Waals surface area contributed by atoms with Crippen molar-refractivity contribution in [1.82, 2.24) is 10.6 Å². The molecular weight excluding hydrogens is 300 g/mol. The van der Waals surface area contributed by atoms with Crippen molar-refractivity contribution in [1.29, 1.82) is 0 Å². The number of fused-ring (bicyclic) bond motifs is 1.